The number of hydrogen-bond acceptors (Lipinski definition) is 9. The van der Waals surface area contributed by atoms with Crippen molar-refractivity contribution >= 4 is 87.6 Å². The van der Waals surface area contributed by atoms with E-state index in [4.69, 9.17) is 0 Å². The molecule has 16 rings (SSSR count). The summed E-state index contributed by atoms with van der Waals surface area (Å²) < 4.78 is 16.3. The highest BCUT2D eigenvalue weighted by Crippen LogP contribution is 2.22. The van der Waals surface area contributed by atoms with Gasteiger partial charge in [0.15, 0.2) is 0 Å². The molecule has 17 heteroatoms. The maximum atomic E-state index is 4.24. The van der Waals surface area contributed by atoms with Gasteiger partial charge in [-0.1, -0.05) is 159 Å². The van der Waals surface area contributed by atoms with Gasteiger partial charge in [0.05, 0.1) is 90.8 Å². The fourth-order valence-electron chi connectivity index (χ4n) is 11.3. The molecule has 0 saturated heterocycles. The van der Waals surface area contributed by atoms with Crippen molar-refractivity contribution in [2.75, 3.05) is 0 Å². The van der Waals surface area contributed by atoms with Crippen LogP contribution in [0.25, 0.3) is 87.6 Å². The third-order valence-corrected chi connectivity index (χ3v) is 15.6. The van der Waals surface area contributed by atoms with E-state index in [0.717, 1.165) is 38.8 Å². The van der Waals surface area contributed by atoms with Crippen LogP contribution in [0.4, 0.5) is 0 Å². The van der Waals surface area contributed by atoms with Gasteiger partial charge in [0.1, 0.15) is 6.33 Å². The van der Waals surface area contributed by atoms with Crippen LogP contribution in [0.5, 0.6) is 0 Å². The van der Waals surface area contributed by atoms with Gasteiger partial charge in [0.2, 0.25) is 0 Å². The Kier molecular flexibility index (Phi) is 43.2. The highest BCUT2D eigenvalue weighted by Gasteiger charge is 2.06. The lowest BCUT2D eigenvalue weighted by Gasteiger charge is -1.98. The largest absolute Gasteiger partial charge is 0.350 e. The Bertz CT molecular complexity index is 4040. The molecule has 3 aromatic carbocycles. The van der Waals surface area contributed by atoms with Crippen LogP contribution in [-0.2, 0) is 56.4 Å². The van der Waals surface area contributed by atoms with Crippen molar-refractivity contribution in [3.63, 3.8) is 0 Å². The van der Waals surface area contributed by atoms with Crippen LogP contribution in [0.3, 0.4) is 0 Å². The first kappa shape index (κ1) is 91.5. The van der Waals surface area contributed by atoms with E-state index < -0.39 is 0 Å². The second kappa shape index (κ2) is 49.1. The van der Waals surface area contributed by atoms with Crippen LogP contribution < -0.4 is 0 Å². The van der Waals surface area contributed by atoms with E-state index in [2.05, 4.69) is 191 Å². The van der Waals surface area contributed by atoms with Crippen molar-refractivity contribution in [1.82, 2.24) is 81.9 Å². The lowest BCUT2D eigenvalue weighted by molar-refractivity contribution is 0.794. The molecule has 13 aromatic heterocycles. The van der Waals surface area contributed by atoms with E-state index >= 15 is 0 Å². The standard InChI is InChI=1S/C10H11N.5C9H10N2.2C8H9N3.8C2H6/c1-8-4-3-5-9-6-7-11(2)10(8)9;1-7-9-8(3-5-10-7)4-6-11(9)2;1-7-3-5-10-8-4-6-11(2)9(7)8;1-7-5-10-6-8-3-4-11(2)9(7)8;1-7-4-3-5-8-9(7)11(2)6-10-8;1-7-4-3-5-8-6-10-11(2)9(7)8;1-6-3-9-4-7-5-10-11(2)8(6)7;1-6-8-7(10-5-9-6)3-4-11(8)2;8*1-2/h3-7H,1-2H3;5*3-6H,1-2H3;2*3-5H,1-2H3;8*1-2H3. The molecule has 0 fully saturated rings. The van der Waals surface area contributed by atoms with E-state index in [-0.39, 0.29) is 0 Å². The van der Waals surface area contributed by atoms with E-state index in [1.54, 1.807) is 6.33 Å². The van der Waals surface area contributed by atoms with Gasteiger partial charge < -0.3 is 27.4 Å². The number of benzene rings is 3. The van der Waals surface area contributed by atoms with E-state index in [0.29, 0.717) is 0 Å². The van der Waals surface area contributed by atoms with Crippen molar-refractivity contribution in [2.45, 2.75) is 166 Å². The minimum atomic E-state index is 1.01. The monoisotopic (exact) mass is 1410 g/mol. The Hall–Kier alpha value is -10.6. The first-order chi connectivity index (χ1) is 50.3. The average molecular weight is 1410 g/mol. The fraction of sp³-hybridized carbons (Fsp3) is 0.368. The maximum absolute atomic E-state index is 4.24. The zero-order chi connectivity index (χ0) is 78.8. The number of rotatable bonds is 0. The zero-order valence-electron chi connectivity index (χ0n) is 69.5. The maximum Gasteiger partial charge on any atom is 0.116 e. The van der Waals surface area contributed by atoms with Crippen LogP contribution in [0.2, 0.25) is 0 Å². The van der Waals surface area contributed by atoms with Gasteiger partial charge in [-0.05, 0) is 143 Å². The molecule has 0 amide bonds. The van der Waals surface area contributed by atoms with Crippen molar-refractivity contribution in [3.8, 4) is 0 Å². The molecule has 0 bridgehead atoms. The van der Waals surface area contributed by atoms with E-state index in [1.807, 2.05) is 297 Å². The molecule has 0 aliphatic rings. The van der Waals surface area contributed by atoms with Gasteiger partial charge in [-0.3, -0.25) is 29.3 Å². The molecule has 560 valence electrons. The molecule has 0 spiro atoms. The number of fused-ring (bicyclic) bond motifs is 8. The summed E-state index contributed by atoms with van der Waals surface area (Å²) in [6.45, 7) is 48.6. The summed E-state index contributed by atoms with van der Waals surface area (Å²) in [4.78, 5) is 29.1. The third-order valence-electron chi connectivity index (χ3n) is 15.6. The van der Waals surface area contributed by atoms with Gasteiger partial charge in [-0.25, -0.2) is 15.0 Å². The summed E-state index contributed by atoms with van der Waals surface area (Å²) in [5, 5.41) is 14.4. The third kappa shape index (κ3) is 24.9. The van der Waals surface area contributed by atoms with Gasteiger partial charge in [-0.2, -0.15) is 10.2 Å². The molecule has 0 aliphatic heterocycles. The summed E-state index contributed by atoms with van der Waals surface area (Å²) >= 11 is 0. The first-order valence-corrected chi connectivity index (χ1v) is 37.1. The number of para-hydroxylation sites is 3. The molecular weight excluding hydrogens is 1280 g/mol. The molecule has 0 unspecified atom stereocenters. The Morgan fingerprint density at radius 2 is 0.596 bits per heavy atom. The minimum Gasteiger partial charge on any atom is -0.350 e. The van der Waals surface area contributed by atoms with Crippen LogP contribution in [0.1, 0.15) is 156 Å². The SMILES string of the molecule is CC.CC.CC.CC.CC.CC.CC.CC.Cc1cccc2ccn(C)c12.Cc1cccc2cnn(C)c12.Cc1cccc2ncn(C)c12.Cc1ccnc2ccn(C)c12.Cc1cncc2ccn(C)c12.Cc1cncc2cnn(C)c12.Cc1nccc2ccn(C)c12.Cc1ncnc2ccn(C)c12. The summed E-state index contributed by atoms with van der Waals surface area (Å²) in [7, 11) is 16.1. The highest BCUT2D eigenvalue weighted by molar-refractivity contribution is 5.85. The van der Waals surface area contributed by atoms with Crippen LogP contribution >= 0.6 is 0 Å². The van der Waals surface area contributed by atoms with Crippen LogP contribution in [-0.4, -0.2) is 81.9 Å². The highest BCUT2D eigenvalue weighted by atomic mass is 15.3. The predicted molar refractivity (Wildman–Crippen MR) is 452 cm³/mol. The number of aryl methyl sites for hydroxylation is 16. The van der Waals surface area contributed by atoms with Gasteiger partial charge >= 0.3 is 0 Å². The minimum absolute atomic E-state index is 1.01. The Morgan fingerprint density at radius 1 is 0.240 bits per heavy atom. The lowest BCUT2D eigenvalue weighted by Crippen LogP contribution is -1.91. The quantitative estimate of drug-likeness (QED) is 0.144. The molecular formula is C87H127N17. The second-order valence-electron chi connectivity index (χ2n) is 22.2. The van der Waals surface area contributed by atoms with E-state index in [1.165, 1.54) is 93.5 Å². The van der Waals surface area contributed by atoms with Crippen molar-refractivity contribution < 1.29 is 0 Å². The molecule has 0 aliphatic carbocycles. The molecule has 13 heterocycles. The fourth-order valence-corrected chi connectivity index (χ4v) is 11.3. The van der Waals surface area contributed by atoms with Gasteiger partial charge in [0.25, 0.3) is 0 Å². The first-order valence-electron chi connectivity index (χ1n) is 37.1. The molecule has 16 aromatic rings. The molecule has 104 heavy (non-hydrogen) atoms. The summed E-state index contributed by atoms with van der Waals surface area (Å²) in [6, 6.07) is 33.2. The van der Waals surface area contributed by atoms with Crippen LogP contribution in [0, 0.1) is 55.4 Å². The number of nitrogens with zero attached hydrogens (tertiary/aromatic N) is 17. The summed E-state index contributed by atoms with van der Waals surface area (Å²) in [5.74, 6) is 0. The molecule has 0 radical (unpaired) electrons. The molecule has 17 nitrogen and oxygen atoms in total. The summed E-state index contributed by atoms with van der Waals surface area (Å²) in [5.41, 5.74) is 22.7. The van der Waals surface area contributed by atoms with Gasteiger partial charge in [-0.15, -0.1) is 0 Å². The average Bonchev–Trinajstić information content (AvgIpc) is 1.94. The number of imidazole rings is 1. The summed E-state index contributed by atoms with van der Waals surface area (Å²) in [6.07, 6.45) is 28.5. The number of hydrogen-bond donors (Lipinski definition) is 0. The Balaban J connectivity index is 0.000000578. The normalized spacial score (nSPS) is 9.54. The number of pyridine rings is 4. The van der Waals surface area contributed by atoms with Crippen molar-refractivity contribution in [1.29, 1.82) is 0 Å². The number of aromatic nitrogens is 17. The van der Waals surface area contributed by atoms with Crippen LogP contribution in [0.15, 0.2) is 190 Å². The molecule has 0 N–H and O–H groups in total. The van der Waals surface area contributed by atoms with E-state index in [9.17, 15) is 0 Å². The van der Waals surface area contributed by atoms with Gasteiger partial charge in [0, 0.05) is 146 Å². The van der Waals surface area contributed by atoms with Crippen molar-refractivity contribution in [2.24, 2.45) is 56.4 Å². The smallest absolute Gasteiger partial charge is 0.116 e. The second-order valence-corrected chi connectivity index (χ2v) is 22.2. The molecule has 0 atom stereocenters. The van der Waals surface area contributed by atoms with Crippen molar-refractivity contribution in [3.05, 3.63) is 235 Å². The Labute approximate surface area is 623 Å². The zero-order valence-corrected chi connectivity index (χ0v) is 69.5. The Morgan fingerprint density at radius 3 is 1.09 bits per heavy atom. The topological polar surface area (TPSA) is 155 Å². The lowest BCUT2D eigenvalue weighted by atomic mass is 10.2. The molecule has 0 saturated carbocycles. The predicted octanol–water partition coefficient (Wildman–Crippen LogP) is 22.7.